The number of hydrogen-bond donors (Lipinski definition) is 0. The molecule has 3 atom stereocenters. The molecular formula is C24H27FN2O5. The number of hydrogen-bond acceptors (Lipinski definition) is 6. The zero-order valence-corrected chi connectivity index (χ0v) is 18.6. The maximum atomic E-state index is 16.5. The van der Waals surface area contributed by atoms with E-state index in [1.54, 1.807) is 52.1 Å². The van der Waals surface area contributed by atoms with E-state index in [-0.39, 0.29) is 13.0 Å². The predicted molar refractivity (Wildman–Crippen MR) is 115 cm³/mol. The molecule has 170 valence electrons. The molecule has 2 aliphatic rings. The second-order valence-corrected chi connectivity index (χ2v) is 9.04. The normalized spacial score (nSPS) is 24.5. The van der Waals surface area contributed by atoms with Crippen molar-refractivity contribution in [2.45, 2.75) is 57.3 Å². The molecule has 8 heteroatoms. The third-order valence-corrected chi connectivity index (χ3v) is 5.52. The van der Waals surface area contributed by atoms with Gasteiger partial charge in [0.1, 0.15) is 18.2 Å². The summed E-state index contributed by atoms with van der Waals surface area (Å²) in [5.74, 6) is -0.713. The first-order valence-corrected chi connectivity index (χ1v) is 10.5. The highest BCUT2D eigenvalue weighted by Crippen LogP contribution is 2.52. The Morgan fingerprint density at radius 3 is 2.47 bits per heavy atom. The Hall–Kier alpha value is -3.13. The van der Waals surface area contributed by atoms with Crippen molar-refractivity contribution in [2.24, 2.45) is 0 Å². The molecular weight excluding hydrogens is 415 g/mol. The highest BCUT2D eigenvalue weighted by molar-refractivity contribution is 5.83. The largest absolute Gasteiger partial charge is 0.459 e. The maximum absolute atomic E-state index is 16.5. The minimum atomic E-state index is -2.10. The highest BCUT2D eigenvalue weighted by Gasteiger charge is 2.63. The number of hydroxylamine groups is 1. The van der Waals surface area contributed by atoms with Gasteiger partial charge in [-0.25, -0.2) is 18.8 Å². The van der Waals surface area contributed by atoms with E-state index in [1.807, 2.05) is 30.3 Å². The fourth-order valence-corrected chi connectivity index (χ4v) is 4.11. The monoisotopic (exact) mass is 442 g/mol. The Balaban J connectivity index is 1.67. The molecule has 0 N–H and O–H groups in total. The molecule has 7 nitrogen and oxygen atoms in total. The Bertz CT molecular complexity index is 1010. The van der Waals surface area contributed by atoms with E-state index in [4.69, 9.17) is 14.3 Å². The molecule has 0 radical (unpaired) electrons. The summed E-state index contributed by atoms with van der Waals surface area (Å²) in [6, 6.07) is 14.8. The minimum absolute atomic E-state index is 0.0135. The number of halogens is 1. The van der Waals surface area contributed by atoms with Crippen molar-refractivity contribution in [1.82, 2.24) is 4.90 Å². The number of carbonyl (C=O) groups excluding carboxylic acids is 2. The average Bonchev–Trinajstić information content (AvgIpc) is 3.06. The number of likely N-dealkylation sites (tertiary alicyclic amines) is 1. The van der Waals surface area contributed by atoms with Crippen molar-refractivity contribution in [2.75, 3.05) is 12.1 Å². The van der Waals surface area contributed by atoms with Gasteiger partial charge in [0.05, 0.1) is 5.69 Å². The minimum Gasteiger partial charge on any atom is -0.459 e. The van der Waals surface area contributed by atoms with Gasteiger partial charge in [-0.15, -0.1) is 0 Å². The van der Waals surface area contributed by atoms with E-state index < -0.39 is 35.6 Å². The van der Waals surface area contributed by atoms with E-state index in [0.717, 1.165) is 10.5 Å². The van der Waals surface area contributed by atoms with Gasteiger partial charge in [-0.3, -0.25) is 9.96 Å². The Morgan fingerprint density at radius 2 is 1.78 bits per heavy atom. The molecule has 2 unspecified atom stereocenters. The molecule has 0 saturated carbocycles. The van der Waals surface area contributed by atoms with Crippen LogP contribution in [0.5, 0.6) is 0 Å². The molecule has 2 heterocycles. The van der Waals surface area contributed by atoms with Crippen molar-refractivity contribution >= 4 is 17.7 Å². The highest BCUT2D eigenvalue weighted by atomic mass is 19.1. The number of benzene rings is 2. The summed E-state index contributed by atoms with van der Waals surface area (Å²) in [5, 5.41) is 1.41. The van der Waals surface area contributed by atoms with E-state index in [1.165, 1.54) is 5.06 Å². The van der Waals surface area contributed by atoms with Gasteiger partial charge >= 0.3 is 12.1 Å². The number of nitrogens with zero attached hydrogens (tertiary/aromatic N) is 2. The number of anilines is 1. The Morgan fingerprint density at radius 1 is 1.12 bits per heavy atom. The van der Waals surface area contributed by atoms with Crippen LogP contribution in [0.15, 0.2) is 54.6 Å². The first-order valence-electron chi connectivity index (χ1n) is 10.5. The number of para-hydroxylation sites is 1. The summed E-state index contributed by atoms with van der Waals surface area (Å²) in [6.45, 7) is 5.13. The van der Waals surface area contributed by atoms with Crippen LogP contribution in [0.4, 0.5) is 14.9 Å². The smallest absolute Gasteiger partial charge is 0.413 e. The summed E-state index contributed by atoms with van der Waals surface area (Å²) in [5.41, 5.74) is -1.26. The number of rotatable bonds is 3. The molecule has 0 spiro atoms. The van der Waals surface area contributed by atoms with Crippen molar-refractivity contribution in [3.05, 3.63) is 65.7 Å². The second kappa shape index (κ2) is 8.09. The molecule has 0 aromatic heterocycles. The fourth-order valence-electron chi connectivity index (χ4n) is 4.11. The number of amides is 1. The number of esters is 1. The molecule has 0 aliphatic carbocycles. The van der Waals surface area contributed by atoms with Crippen LogP contribution in [0.2, 0.25) is 0 Å². The van der Waals surface area contributed by atoms with Crippen molar-refractivity contribution < 1.29 is 28.3 Å². The van der Waals surface area contributed by atoms with E-state index in [2.05, 4.69) is 0 Å². The summed E-state index contributed by atoms with van der Waals surface area (Å²) >= 11 is 0. The summed E-state index contributed by atoms with van der Waals surface area (Å²) in [6.07, 6.45) is -2.50. The molecule has 1 fully saturated rings. The van der Waals surface area contributed by atoms with Gasteiger partial charge < -0.3 is 9.47 Å². The Kier molecular flexibility index (Phi) is 5.58. The van der Waals surface area contributed by atoms with Crippen molar-refractivity contribution in [3.63, 3.8) is 0 Å². The standard InChI is InChI=1S/C24H27FN2O5/c1-23(2,3)31-22(29)27-19(20(28)30-15-16-10-6-5-7-11-16)14-24(25)17-12-8-9-13-18(17)26(4)32-21(24)27/h5-13,19,21H,14-15H2,1-4H3/t19-,21?,24?/m1/s1. The Labute approximate surface area is 186 Å². The topological polar surface area (TPSA) is 68.3 Å². The molecule has 32 heavy (non-hydrogen) atoms. The SMILES string of the molecule is CN1OC2N(C(=O)OC(C)(C)C)[C@@H](C(=O)OCc3ccccc3)CC2(F)c2ccccc21. The van der Waals surface area contributed by atoms with Gasteiger partial charge in [-0.2, -0.15) is 0 Å². The van der Waals surface area contributed by atoms with Crippen LogP contribution in [0.3, 0.4) is 0 Å². The van der Waals surface area contributed by atoms with E-state index >= 15 is 4.39 Å². The first-order chi connectivity index (χ1) is 15.1. The number of carbonyl (C=O) groups is 2. The summed E-state index contributed by atoms with van der Waals surface area (Å²) in [7, 11) is 1.63. The van der Waals surface area contributed by atoms with Gasteiger partial charge in [-0.1, -0.05) is 48.5 Å². The van der Waals surface area contributed by atoms with Gasteiger partial charge in [0.2, 0.25) is 6.23 Å². The third-order valence-electron chi connectivity index (χ3n) is 5.52. The van der Waals surface area contributed by atoms with E-state index in [0.29, 0.717) is 11.3 Å². The fraction of sp³-hybridized carbons (Fsp3) is 0.417. The molecule has 0 bridgehead atoms. The van der Waals surface area contributed by atoms with Crippen LogP contribution in [0, 0.1) is 0 Å². The van der Waals surface area contributed by atoms with Crippen molar-refractivity contribution in [3.8, 4) is 0 Å². The molecule has 2 aliphatic heterocycles. The number of ether oxygens (including phenoxy) is 2. The van der Waals surface area contributed by atoms with Crippen molar-refractivity contribution in [1.29, 1.82) is 0 Å². The van der Waals surface area contributed by atoms with Gasteiger partial charge in [0.25, 0.3) is 0 Å². The van der Waals surface area contributed by atoms with Crippen LogP contribution in [-0.2, 0) is 31.4 Å². The lowest BCUT2D eigenvalue weighted by Gasteiger charge is -2.41. The lowest BCUT2D eigenvalue weighted by molar-refractivity contribution is -0.156. The lowest BCUT2D eigenvalue weighted by Crippen LogP contribution is -2.54. The van der Waals surface area contributed by atoms with Crippen LogP contribution in [-0.4, -0.2) is 41.9 Å². The van der Waals surface area contributed by atoms with Crippen LogP contribution in [0.1, 0.15) is 38.3 Å². The molecule has 1 amide bonds. The van der Waals surface area contributed by atoms with Crippen LogP contribution < -0.4 is 5.06 Å². The van der Waals surface area contributed by atoms with Crippen LogP contribution >= 0.6 is 0 Å². The van der Waals surface area contributed by atoms with E-state index in [9.17, 15) is 9.59 Å². The summed E-state index contributed by atoms with van der Waals surface area (Å²) < 4.78 is 27.5. The quantitative estimate of drug-likeness (QED) is 0.660. The zero-order chi connectivity index (χ0) is 23.1. The first kappa shape index (κ1) is 22.1. The zero-order valence-electron chi connectivity index (χ0n) is 18.6. The number of fused-ring (bicyclic) bond motifs is 3. The third kappa shape index (κ3) is 4.02. The number of alkyl halides is 1. The molecule has 2 aromatic rings. The lowest BCUT2D eigenvalue weighted by atomic mass is 9.89. The molecule has 1 saturated heterocycles. The van der Waals surface area contributed by atoms with Gasteiger partial charge in [-0.05, 0) is 32.4 Å². The van der Waals surface area contributed by atoms with Gasteiger partial charge in [0.15, 0.2) is 5.67 Å². The molecule has 2 aromatic carbocycles. The average molecular weight is 442 g/mol. The summed E-state index contributed by atoms with van der Waals surface area (Å²) in [4.78, 5) is 33.0. The second-order valence-electron chi connectivity index (χ2n) is 9.04. The molecule has 4 rings (SSSR count). The van der Waals surface area contributed by atoms with Gasteiger partial charge in [0, 0.05) is 19.0 Å². The predicted octanol–water partition coefficient (Wildman–Crippen LogP) is 4.31. The maximum Gasteiger partial charge on any atom is 0.413 e. The van der Waals surface area contributed by atoms with Crippen LogP contribution in [0.25, 0.3) is 0 Å².